The molecule has 0 bridgehead atoms. The molecule has 16 heavy (non-hydrogen) atoms. The molecule has 3 nitrogen and oxygen atoms in total. The average molecular weight is 327 g/mol. The number of halogens is 2. The van der Waals surface area contributed by atoms with Crippen molar-refractivity contribution in [3.63, 3.8) is 0 Å². The van der Waals surface area contributed by atoms with Gasteiger partial charge in [-0.3, -0.25) is 10.1 Å². The third-order valence-electron chi connectivity index (χ3n) is 2.09. The van der Waals surface area contributed by atoms with Crippen LogP contribution in [0, 0.1) is 0 Å². The highest BCUT2D eigenvalue weighted by Crippen LogP contribution is 2.31. The van der Waals surface area contributed by atoms with Crippen LogP contribution in [0.3, 0.4) is 0 Å². The Morgan fingerprint density at radius 1 is 1.75 bits per heavy atom. The minimum Gasteiger partial charge on any atom is -0.480 e. The molecule has 0 aliphatic rings. The van der Waals surface area contributed by atoms with E-state index in [9.17, 15) is 4.79 Å². The fourth-order valence-corrected chi connectivity index (χ4v) is 3.05. The quantitative estimate of drug-likeness (QED) is 0.841. The lowest BCUT2D eigenvalue weighted by Crippen LogP contribution is -2.35. The molecular formula is C10H13BrClNO2S. The van der Waals surface area contributed by atoms with Crippen molar-refractivity contribution >= 4 is 44.8 Å². The van der Waals surface area contributed by atoms with Gasteiger partial charge in [0.1, 0.15) is 10.4 Å². The molecule has 0 radical (unpaired) electrons. The number of carboxylic acid groups (broad SMARTS) is 1. The SMILES string of the molecule is CCCC(NCc1cc(Br)c(Cl)s1)C(=O)O. The molecule has 0 spiro atoms. The molecule has 0 fully saturated rings. The van der Waals surface area contributed by atoms with Crippen LogP contribution in [0.25, 0.3) is 0 Å². The van der Waals surface area contributed by atoms with E-state index in [0.717, 1.165) is 15.8 Å². The summed E-state index contributed by atoms with van der Waals surface area (Å²) in [6.07, 6.45) is 1.48. The van der Waals surface area contributed by atoms with Crippen LogP contribution in [0.15, 0.2) is 10.5 Å². The lowest BCUT2D eigenvalue weighted by molar-refractivity contribution is -0.139. The fraction of sp³-hybridized carbons (Fsp3) is 0.500. The van der Waals surface area contributed by atoms with Gasteiger partial charge in [0.05, 0.1) is 0 Å². The van der Waals surface area contributed by atoms with Crippen molar-refractivity contribution in [1.82, 2.24) is 5.32 Å². The molecule has 0 aliphatic heterocycles. The maximum Gasteiger partial charge on any atom is 0.320 e. The van der Waals surface area contributed by atoms with Gasteiger partial charge in [0.2, 0.25) is 0 Å². The van der Waals surface area contributed by atoms with Crippen LogP contribution in [0.2, 0.25) is 4.34 Å². The molecule has 2 N–H and O–H groups in total. The van der Waals surface area contributed by atoms with Crippen LogP contribution in [0.1, 0.15) is 24.6 Å². The summed E-state index contributed by atoms with van der Waals surface area (Å²) in [6, 6.07) is 1.43. The minimum atomic E-state index is -0.802. The van der Waals surface area contributed by atoms with E-state index in [0.29, 0.717) is 17.3 Å². The van der Waals surface area contributed by atoms with Gasteiger partial charge in [0.15, 0.2) is 0 Å². The average Bonchev–Trinajstić information content (AvgIpc) is 2.53. The molecule has 0 aromatic carbocycles. The van der Waals surface area contributed by atoms with Crippen molar-refractivity contribution in [2.75, 3.05) is 0 Å². The zero-order chi connectivity index (χ0) is 12.1. The summed E-state index contributed by atoms with van der Waals surface area (Å²) in [6.45, 7) is 2.50. The van der Waals surface area contributed by atoms with Gasteiger partial charge in [0, 0.05) is 15.9 Å². The van der Waals surface area contributed by atoms with E-state index >= 15 is 0 Å². The predicted octanol–water partition coefficient (Wildman–Crippen LogP) is 3.51. The van der Waals surface area contributed by atoms with Crippen LogP contribution in [0.5, 0.6) is 0 Å². The number of carbonyl (C=O) groups is 1. The first kappa shape index (κ1) is 14.0. The Hall–Kier alpha value is -0.100. The maximum absolute atomic E-state index is 10.9. The smallest absolute Gasteiger partial charge is 0.320 e. The van der Waals surface area contributed by atoms with E-state index < -0.39 is 12.0 Å². The maximum atomic E-state index is 10.9. The van der Waals surface area contributed by atoms with Crippen molar-refractivity contribution in [1.29, 1.82) is 0 Å². The van der Waals surface area contributed by atoms with E-state index in [2.05, 4.69) is 21.2 Å². The molecule has 1 heterocycles. The van der Waals surface area contributed by atoms with Crippen molar-refractivity contribution < 1.29 is 9.90 Å². The largest absolute Gasteiger partial charge is 0.480 e. The molecule has 1 unspecified atom stereocenters. The Kier molecular flexibility index (Phi) is 5.75. The van der Waals surface area contributed by atoms with Gasteiger partial charge in [-0.2, -0.15) is 0 Å². The Morgan fingerprint density at radius 3 is 2.88 bits per heavy atom. The van der Waals surface area contributed by atoms with E-state index in [1.54, 1.807) is 0 Å². The molecule has 1 atom stereocenters. The summed E-state index contributed by atoms with van der Waals surface area (Å²) in [5.41, 5.74) is 0. The second-order valence-corrected chi connectivity index (χ2v) is 5.99. The Labute approximate surface area is 112 Å². The first-order valence-corrected chi connectivity index (χ1v) is 6.93. The first-order valence-electron chi connectivity index (χ1n) is 4.94. The zero-order valence-corrected chi connectivity index (χ0v) is 12.0. The van der Waals surface area contributed by atoms with Crippen LogP contribution in [-0.4, -0.2) is 17.1 Å². The Morgan fingerprint density at radius 2 is 2.44 bits per heavy atom. The van der Waals surface area contributed by atoms with Gasteiger partial charge in [-0.05, 0) is 28.4 Å². The number of rotatable bonds is 6. The first-order chi connectivity index (χ1) is 7.54. The second kappa shape index (κ2) is 6.59. The highest BCUT2D eigenvalue weighted by atomic mass is 79.9. The minimum absolute atomic E-state index is 0.482. The van der Waals surface area contributed by atoms with Crippen molar-refractivity contribution in [3.8, 4) is 0 Å². The number of hydrogen-bond donors (Lipinski definition) is 2. The standard InChI is InChI=1S/C10H13BrClNO2S/c1-2-3-8(10(14)15)13-5-6-4-7(11)9(12)16-6/h4,8,13H,2-3,5H2,1H3,(H,14,15). The number of hydrogen-bond acceptors (Lipinski definition) is 3. The van der Waals surface area contributed by atoms with E-state index in [1.165, 1.54) is 11.3 Å². The van der Waals surface area contributed by atoms with Gasteiger partial charge in [-0.1, -0.05) is 24.9 Å². The zero-order valence-electron chi connectivity index (χ0n) is 8.80. The molecule has 0 saturated carbocycles. The fourth-order valence-electron chi connectivity index (χ4n) is 1.30. The summed E-state index contributed by atoms with van der Waals surface area (Å²) in [5, 5.41) is 12.0. The normalized spacial score (nSPS) is 12.7. The van der Waals surface area contributed by atoms with Crippen molar-refractivity contribution in [2.24, 2.45) is 0 Å². The lowest BCUT2D eigenvalue weighted by Gasteiger charge is -2.12. The highest BCUT2D eigenvalue weighted by molar-refractivity contribution is 9.10. The van der Waals surface area contributed by atoms with Gasteiger partial charge in [-0.15, -0.1) is 11.3 Å². The van der Waals surface area contributed by atoms with Gasteiger partial charge >= 0.3 is 5.97 Å². The van der Waals surface area contributed by atoms with Crippen LogP contribution in [0.4, 0.5) is 0 Å². The number of nitrogens with one attached hydrogen (secondary N) is 1. The Balaban J connectivity index is 2.51. The van der Waals surface area contributed by atoms with Crippen LogP contribution >= 0.6 is 38.9 Å². The lowest BCUT2D eigenvalue weighted by atomic mass is 10.1. The predicted molar refractivity (Wildman–Crippen MR) is 70.2 cm³/mol. The van der Waals surface area contributed by atoms with E-state index in [1.807, 2.05) is 13.0 Å². The molecule has 1 rings (SSSR count). The van der Waals surface area contributed by atoms with E-state index in [4.69, 9.17) is 16.7 Å². The van der Waals surface area contributed by atoms with Crippen molar-refractivity contribution in [3.05, 3.63) is 19.8 Å². The van der Waals surface area contributed by atoms with Gasteiger partial charge in [-0.25, -0.2) is 0 Å². The summed E-state index contributed by atoms with van der Waals surface area (Å²) < 4.78 is 1.55. The molecule has 90 valence electrons. The molecule has 1 aromatic heterocycles. The monoisotopic (exact) mass is 325 g/mol. The van der Waals surface area contributed by atoms with Crippen LogP contribution < -0.4 is 5.32 Å². The third-order valence-corrected chi connectivity index (χ3v) is 4.57. The summed E-state index contributed by atoms with van der Waals surface area (Å²) in [5.74, 6) is -0.802. The Bertz CT molecular complexity index is 350. The molecule has 0 amide bonds. The molecular weight excluding hydrogens is 314 g/mol. The van der Waals surface area contributed by atoms with Gasteiger partial charge < -0.3 is 5.11 Å². The van der Waals surface area contributed by atoms with Crippen molar-refractivity contribution in [2.45, 2.75) is 32.4 Å². The van der Waals surface area contributed by atoms with E-state index in [-0.39, 0.29) is 0 Å². The summed E-state index contributed by atoms with van der Waals surface area (Å²) >= 11 is 10.7. The number of thiophene rings is 1. The number of carboxylic acids is 1. The van der Waals surface area contributed by atoms with Gasteiger partial charge in [0.25, 0.3) is 0 Å². The summed E-state index contributed by atoms with van der Waals surface area (Å²) in [7, 11) is 0. The molecule has 6 heteroatoms. The molecule has 1 aromatic rings. The summed E-state index contributed by atoms with van der Waals surface area (Å²) in [4.78, 5) is 11.9. The third kappa shape index (κ3) is 4.05. The molecule has 0 aliphatic carbocycles. The topological polar surface area (TPSA) is 49.3 Å². The number of aliphatic carboxylic acids is 1. The van der Waals surface area contributed by atoms with Crippen LogP contribution in [-0.2, 0) is 11.3 Å². The second-order valence-electron chi connectivity index (χ2n) is 3.39. The molecule has 0 saturated heterocycles. The highest BCUT2D eigenvalue weighted by Gasteiger charge is 2.15.